The summed E-state index contributed by atoms with van der Waals surface area (Å²) in [5.41, 5.74) is -1.53. The highest BCUT2D eigenvalue weighted by Gasteiger charge is 2.34. The average Bonchev–Trinajstić information content (AvgIpc) is 2.65. The van der Waals surface area contributed by atoms with Gasteiger partial charge in [0.1, 0.15) is 11.5 Å². The van der Waals surface area contributed by atoms with Crippen LogP contribution in [-0.4, -0.2) is 32.1 Å². The molecule has 2 N–H and O–H groups in total. The number of nitrogens with one attached hydrogen (secondary N) is 2. The Morgan fingerprint density at radius 2 is 1.68 bits per heavy atom. The van der Waals surface area contributed by atoms with Crippen molar-refractivity contribution in [2.24, 2.45) is 0 Å². The molecule has 2 rings (SSSR count). The summed E-state index contributed by atoms with van der Waals surface area (Å²) in [4.78, 5) is 23.6. The van der Waals surface area contributed by atoms with Crippen LogP contribution in [0.3, 0.4) is 0 Å². The maximum Gasteiger partial charge on any atom is 0.418 e. The second-order valence-corrected chi connectivity index (χ2v) is 5.91. The molecule has 0 atom stereocenters. The summed E-state index contributed by atoms with van der Waals surface area (Å²) in [6.45, 7) is -0.890. The Kier molecular flexibility index (Phi) is 7.11. The number of hydrogen-bond donors (Lipinski definition) is 2. The fraction of sp³-hybridized carbons (Fsp3) is 0.222. The highest BCUT2D eigenvalue weighted by Crippen LogP contribution is 2.36. The van der Waals surface area contributed by atoms with Crippen LogP contribution in [-0.2, 0) is 15.8 Å². The zero-order valence-electron chi connectivity index (χ0n) is 14.6. The van der Waals surface area contributed by atoms with Gasteiger partial charge in [0.25, 0.3) is 5.91 Å². The molecule has 0 heterocycles. The summed E-state index contributed by atoms with van der Waals surface area (Å²) in [6, 6.07) is 9.44. The van der Waals surface area contributed by atoms with Crippen LogP contribution in [0.5, 0.6) is 11.5 Å². The van der Waals surface area contributed by atoms with Crippen molar-refractivity contribution in [1.29, 1.82) is 0 Å². The third-order valence-electron chi connectivity index (χ3n) is 3.44. The normalized spacial score (nSPS) is 10.9. The van der Waals surface area contributed by atoms with E-state index < -0.39 is 35.8 Å². The van der Waals surface area contributed by atoms with E-state index in [4.69, 9.17) is 21.1 Å². The van der Waals surface area contributed by atoms with E-state index in [9.17, 15) is 22.8 Å². The lowest BCUT2D eigenvalue weighted by Crippen LogP contribution is -2.36. The zero-order valence-corrected chi connectivity index (χ0v) is 15.4. The number of ether oxygens (including phenoxy) is 2. The molecule has 0 radical (unpaired) electrons. The van der Waals surface area contributed by atoms with Crippen LogP contribution >= 0.6 is 11.6 Å². The minimum Gasteiger partial charge on any atom is -0.497 e. The molecule has 0 spiro atoms. The fourth-order valence-corrected chi connectivity index (χ4v) is 2.28. The van der Waals surface area contributed by atoms with Gasteiger partial charge in [0, 0.05) is 5.02 Å². The van der Waals surface area contributed by atoms with Crippen LogP contribution in [0.1, 0.15) is 5.56 Å². The molecule has 0 aliphatic heterocycles. The van der Waals surface area contributed by atoms with E-state index in [2.05, 4.69) is 10.6 Å². The first-order valence-electron chi connectivity index (χ1n) is 7.89. The lowest BCUT2D eigenvalue weighted by atomic mass is 10.1. The van der Waals surface area contributed by atoms with Gasteiger partial charge in [-0.05, 0) is 42.5 Å². The monoisotopic (exact) mass is 416 g/mol. The minimum absolute atomic E-state index is 0.116. The molecule has 0 aromatic heterocycles. The molecule has 2 aromatic carbocycles. The van der Waals surface area contributed by atoms with Crippen molar-refractivity contribution < 1.29 is 32.2 Å². The number of alkyl halides is 3. The van der Waals surface area contributed by atoms with Crippen molar-refractivity contribution in [1.82, 2.24) is 5.32 Å². The third kappa shape index (κ3) is 6.34. The maximum atomic E-state index is 13.0. The number of carbonyl (C=O) groups excluding carboxylic acids is 2. The molecule has 28 heavy (non-hydrogen) atoms. The first kappa shape index (κ1) is 21.4. The van der Waals surface area contributed by atoms with Crippen LogP contribution in [0.4, 0.5) is 18.9 Å². The summed E-state index contributed by atoms with van der Waals surface area (Å²) < 4.78 is 49.2. The summed E-state index contributed by atoms with van der Waals surface area (Å²) >= 11 is 5.57. The van der Waals surface area contributed by atoms with Crippen molar-refractivity contribution in [2.75, 3.05) is 25.6 Å². The molecule has 0 fully saturated rings. The van der Waals surface area contributed by atoms with Crippen molar-refractivity contribution >= 4 is 29.1 Å². The largest absolute Gasteiger partial charge is 0.497 e. The molecule has 6 nitrogen and oxygen atoms in total. The van der Waals surface area contributed by atoms with Gasteiger partial charge in [0.2, 0.25) is 5.91 Å². The van der Waals surface area contributed by atoms with Gasteiger partial charge in [-0.3, -0.25) is 9.59 Å². The molecule has 0 bridgehead atoms. The lowest BCUT2D eigenvalue weighted by Gasteiger charge is -2.14. The Morgan fingerprint density at radius 3 is 2.29 bits per heavy atom. The Balaban J connectivity index is 1.84. The number of hydrogen-bond acceptors (Lipinski definition) is 4. The summed E-state index contributed by atoms with van der Waals surface area (Å²) in [7, 11) is 1.51. The molecule has 10 heteroatoms. The molecule has 0 saturated heterocycles. The third-order valence-corrected chi connectivity index (χ3v) is 3.67. The number of halogens is 4. The van der Waals surface area contributed by atoms with Gasteiger partial charge in [-0.15, -0.1) is 0 Å². The van der Waals surface area contributed by atoms with Gasteiger partial charge in [0.15, 0.2) is 6.61 Å². The summed E-state index contributed by atoms with van der Waals surface area (Å²) in [5.74, 6) is -0.408. The van der Waals surface area contributed by atoms with E-state index in [0.29, 0.717) is 17.6 Å². The van der Waals surface area contributed by atoms with E-state index >= 15 is 0 Å². The van der Waals surface area contributed by atoms with Crippen LogP contribution in [0.25, 0.3) is 0 Å². The molecular weight excluding hydrogens is 401 g/mol. The van der Waals surface area contributed by atoms with Crippen molar-refractivity contribution in [2.45, 2.75) is 6.18 Å². The van der Waals surface area contributed by atoms with Crippen LogP contribution in [0, 0.1) is 0 Å². The Bertz CT molecular complexity index is 842. The molecule has 0 aliphatic rings. The van der Waals surface area contributed by atoms with Crippen molar-refractivity contribution in [3.05, 3.63) is 53.1 Å². The highest BCUT2D eigenvalue weighted by molar-refractivity contribution is 6.30. The number of amides is 2. The zero-order chi connectivity index (χ0) is 20.7. The number of benzene rings is 2. The second kappa shape index (κ2) is 9.32. The molecule has 150 valence electrons. The Hall–Kier alpha value is -2.94. The summed E-state index contributed by atoms with van der Waals surface area (Å²) in [6.07, 6.45) is -4.69. The van der Waals surface area contributed by atoms with Gasteiger partial charge < -0.3 is 20.1 Å². The minimum atomic E-state index is -4.69. The van der Waals surface area contributed by atoms with E-state index in [0.717, 1.165) is 6.07 Å². The van der Waals surface area contributed by atoms with Crippen LogP contribution in [0.15, 0.2) is 42.5 Å². The number of carbonyl (C=O) groups is 2. The van der Waals surface area contributed by atoms with Gasteiger partial charge in [-0.1, -0.05) is 11.6 Å². The van der Waals surface area contributed by atoms with E-state index in [1.165, 1.54) is 13.2 Å². The molecule has 2 amide bonds. The lowest BCUT2D eigenvalue weighted by molar-refractivity contribution is -0.137. The van der Waals surface area contributed by atoms with E-state index in [1.54, 1.807) is 24.3 Å². The first-order chi connectivity index (χ1) is 13.2. The molecular formula is C18H16ClF3N2O4. The predicted molar refractivity (Wildman–Crippen MR) is 96.6 cm³/mol. The van der Waals surface area contributed by atoms with Gasteiger partial charge in [-0.25, -0.2) is 0 Å². The number of anilines is 1. The maximum absolute atomic E-state index is 13.0. The molecule has 0 unspecified atom stereocenters. The van der Waals surface area contributed by atoms with E-state index in [-0.39, 0.29) is 11.6 Å². The molecule has 0 aliphatic carbocycles. The molecule has 2 aromatic rings. The standard InChI is InChI=1S/C18H16ClF3N2O4/c1-27-12-3-5-13(6-4-12)28-10-17(26)23-9-16(25)24-15-7-2-11(19)8-14(15)18(20,21)22/h2-8H,9-10H2,1H3,(H,23,26)(H,24,25). The van der Waals surface area contributed by atoms with Gasteiger partial charge >= 0.3 is 6.18 Å². The van der Waals surface area contributed by atoms with Crippen LogP contribution in [0.2, 0.25) is 5.02 Å². The Labute approximate surface area is 163 Å². The quantitative estimate of drug-likeness (QED) is 0.724. The SMILES string of the molecule is COc1ccc(OCC(=O)NCC(=O)Nc2ccc(Cl)cc2C(F)(F)F)cc1. The average molecular weight is 417 g/mol. The Morgan fingerprint density at radius 1 is 1.04 bits per heavy atom. The number of rotatable bonds is 7. The summed E-state index contributed by atoms with van der Waals surface area (Å²) in [5, 5.41) is 4.24. The predicted octanol–water partition coefficient (Wildman–Crippen LogP) is 3.50. The van der Waals surface area contributed by atoms with Crippen molar-refractivity contribution in [3.8, 4) is 11.5 Å². The van der Waals surface area contributed by atoms with Gasteiger partial charge in [0.05, 0.1) is 24.9 Å². The van der Waals surface area contributed by atoms with Crippen molar-refractivity contribution in [3.63, 3.8) is 0 Å². The highest BCUT2D eigenvalue weighted by atomic mass is 35.5. The fourth-order valence-electron chi connectivity index (χ4n) is 2.11. The van der Waals surface area contributed by atoms with Crippen LogP contribution < -0.4 is 20.1 Å². The topological polar surface area (TPSA) is 76.7 Å². The second-order valence-electron chi connectivity index (χ2n) is 5.48. The smallest absolute Gasteiger partial charge is 0.418 e. The first-order valence-corrected chi connectivity index (χ1v) is 8.27. The van der Waals surface area contributed by atoms with Gasteiger partial charge in [-0.2, -0.15) is 13.2 Å². The molecule has 0 saturated carbocycles. The van der Waals surface area contributed by atoms with E-state index in [1.807, 2.05) is 0 Å². The number of methoxy groups -OCH3 is 1.